The number of rotatable bonds is 6. The third-order valence-electron chi connectivity index (χ3n) is 2.66. The van der Waals surface area contributed by atoms with Crippen molar-refractivity contribution in [1.82, 2.24) is 5.32 Å². The van der Waals surface area contributed by atoms with Crippen molar-refractivity contribution >= 4 is 27.7 Å². The second kappa shape index (κ2) is 7.57. The van der Waals surface area contributed by atoms with E-state index < -0.39 is 22.0 Å². The van der Waals surface area contributed by atoms with E-state index in [0.717, 1.165) is 0 Å². The minimum absolute atomic E-state index is 0.0484. The van der Waals surface area contributed by atoms with Crippen molar-refractivity contribution in [3.8, 4) is 0 Å². The van der Waals surface area contributed by atoms with E-state index in [0.29, 0.717) is 12.1 Å². The van der Waals surface area contributed by atoms with Crippen molar-refractivity contribution in [2.45, 2.75) is 18.2 Å². The first-order valence-corrected chi connectivity index (χ1v) is 7.82. The number of nitrogens with one attached hydrogen (secondary N) is 2. The molecule has 0 atom stereocenters. The summed E-state index contributed by atoms with van der Waals surface area (Å²) in [4.78, 5) is 22.1. The number of amides is 2. The second-order valence-corrected chi connectivity index (χ2v) is 5.99. The van der Waals surface area contributed by atoms with Crippen LogP contribution in [0.3, 0.4) is 0 Å². The van der Waals surface area contributed by atoms with Crippen molar-refractivity contribution in [2.24, 2.45) is 5.14 Å². The Morgan fingerprint density at radius 2 is 1.86 bits per heavy atom. The molecule has 0 fully saturated rings. The maximum Gasteiger partial charge on any atom is 0.330 e. The van der Waals surface area contributed by atoms with Gasteiger partial charge in [0, 0.05) is 17.8 Å². The Bertz CT molecular complexity index is 680. The Morgan fingerprint density at radius 3 is 2.36 bits per heavy atom. The van der Waals surface area contributed by atoms with Crippen LogP contribution in [0.5, 0.6) is 0 Å². The number of carboxylic acid groups (broad SMARTS) is 1. The van der Waals surface area contributed by atoms with Crippen LogP contribution >= 0.6 is 0 Å². The molecule has 1 aromatic carbocycles. The Hall–Kier alpha value is -2.39. The maximum atomic E-state index is 11.6. The number of benzene rings is 1. The van der Waals surface area contributed by atoms with Gasteiger partial charge in [-0.05, 0) is 37.6 Å². The van der Waals surface area contributed by atoms with Crippen LogP contribution < -0.4 is 15.8 Å². The van der Waals surface area contributed by atoms with Crippen LogP contribution in [-0.2, 0) is 14.8 Å². The molecule has 0 aliphatic rings. The van der Waals surface area contributed by atoms with Crippen LogP contribution in [0, 0.1) is 0 Å². The number of carbonyl (C=O) groups is 2. The van der Waals surface area contributed by atoms with Gasteiger partial charge in [-0.1, -0.05) is 6.08 Å². The number of urea groups is 1. The third kappa shape index (κ3) is 5.94. The molecule has 0 aliphatic carbocycles. The first-order chi connectivity index (χ1) is 10.2. The third-order valence-corrected chi connectivity index (χ3v) is 3.59. The molecule has 22 heavy (non-hydrogen) atoms. The first-order valence-electron chi connectivity index (χ1n) is 6.28. The molecular formula is C13H17N3O5S. The lowest BCUT2D eigenvalue weighted by Gasteiger charge is -2.07. The van der Waals surface area contributed by atoms with Gasteiger partial charge in [-0.25, -0.2) is 23.1 Å². The average molecular weight is 327 g/mol. The molecule has 0 bridgehead atoms. The van der Waals surface area contributed by atoms with Gasteiger partial charge in [0.25, 0.3) is 0 Å². The van der Waals surface area contributed by atoms with Gasteiger partial charge in [-0.15, -0.1) is 0 Å². The standard InChI is InChI=1S/C13H17N3O5S/c1-9(12(17)18)3-2-8-15-13(19)16-10-4-6-11(7-5-10)22(14,20)21/h3-7H,2,8H2,1H3,(H,17,18)(H2,14,20,21)(H2,15,16,19)/b9-3+. The van der Waals surface area contributed by atoms with E-state index in [1.54, 1.807) is 0 Å². The SMILES string of the molecule is C/C(=C\CCNC(=O)Nc1ccc(S(N)(=O)=O)cc1)C(=O)O. The number of carboxylic acids is 1. The number of hydrogen-bond acceptors (Lipinski definition) is 4. The van der Waals surface area contributed by atoms with Crippen LogP contribution in [0.4, 0.5) is 10.5 Å². The Labute approximate surface area is 128 Å². The molecule has 9 heteroatoms. The molecule has 120 valence electrons. The predicted molar refractivity (Wildman–Crippen MR) is 80.8 cm³/mol. The zero-order chi connectivity index (χ0) is 16.8. The highest BCUT2D eigenvalue weighted by atomic mass is 32.2. The fourth-order valence-electron chi connectivity index (χ4n) is 1.46. The lowest BCUT2D eigenvalue weighted by molar-refractivity contribution is -0.132. The largest absolute Gasteiger partial charge is 0.478 e. The first kappa shape index (κ1) is 17.7. The molecule has 1 aromatic rings. The number of anilines is 1. The van der Waals surface area contributed by atoms with Gasteiger partial charge in [0.15, 0.2) is 0 Å². The summed E-state index contributed by atoms with van der Waals surface area (Å²) in [5.74, 6) is -1.00. The fourth-order valence-corrected chi connectivity index (χ4v) is 1.98. The molecule has 0 radical (unpaired) electrons. The molecular weight excluding hydrogens is 310 g/mol. The molecule has 0 spiro atoms. The lowest BCUT2D eigenvalue weighted by atomic mass is 10.2. The van der Waals surface area contributed by atoms with Crippen LogP contribution in [-0.4, -0.2) is 32.1 Å². The second-order valence-electron chi connectivity index (χ2n) is 4.43. The minimum Gasteiger partial charge on any atom is -0.478 e. The fraction of sp³-hybridized carbons (Fsp3) is 0.231. The number of aliphatic carboxylic acids is 1. The number of hydrogen-bond donors (Lipinski definition) is 4. The summed E-state index contributed by atoms with van der Waals surface area (Å²) in [5.41, 5.74) is 0.614. The molecule has 0 unspecified atom stereocenters. The highest BCUT2D eigenvalue weighted by Gasteiger charge is 2.07. The predicted octanol–water partition coefficient (Wildman–Crippen LogP) is 0.876. The summed E-state index contributed by atoms with van der Waals surface area (Å²) < 4.78 is 22.1. The van der Waals surface area contributed by atoms with Crippen LogP contribution in [0.15, 0.2) is 40.8 Å². The number of primary sulfonamides is 1. The van der Waals surface area contributed by atoms with E-state index in [2.05, 4.69) is 10.6 Å². The van der Waals surface area contributed by atoms with Gasteiger partial charge in [0.05, 0.1) is 4.90 Å². The van der Waals surface area contributed by atoms with E-state index in [9.17, 15) is 18.0 Å². The molecule has 0 saturated heterocycles. The van der Waals surface area contributed by atoms with Gasteiger partial charge in [-0.2, -0.15) is 0 Å². The van der Waals surface area contributed by atoms with Crippen molar-refractivity contribution < 1.29 is 23.1 Å². The summed E-state index contributed by atoms with van der Waals surface area (Å²) in [6, 6.07) is 4.90. The zero-order valence-electron chi connectivity index (χ0n) is 11.9. The average Bonchev–Trinajstić information content (AvgIpc) is 2.42. The summed E-state index contributed by atoms with van der Waals surface area (Å²) in [6.45, 7) is 1.74. The highest BCUT2D eigenvalue weighted by molar-refractivity contribution is 7.89. The van der Waals surface area contributed by atoms with Crippen molar-refractivity contribution in [2.75, 3.05) is 11.9 Å². The molecule has 0 saturated carbocycles. The topological polar surface area (TPSA) is 139 Å². The number of carbonyl (C=O) groups excluding carboxylic acids is 1. The van der Waals surface area contributed by atoms with E-state index in [1.807, 2.05) is 0 Å². The lowest BCUT2D eigenvalue weighted by Crippen LogP contribution is -2.29. The number of nitrogens with two attached hydrogens (primary N) is 1. The Morgan fingerprint density at radius 1 is 1.27 bits per heavy atom. The summed E-state index contributed by atoms with van der Waals surface area (Å²) in [6.07, 6.45) is 1.89. The highest BCUT2D eigenvalue weighted by Crippen LogP contribution is 2.12. The maximum absolute atomic E-state index is 11.6. The Kier molecular flexibility index (Phi) is 6.08. The van der Waals surface area contributed by atoms with Gasteiger partial charge in [-0.3, -0.25) is 0 Å². The molecule has 0 heterocycles. The molecule has 0 aliphatic heterocycles. The molecule has 5 N–H and O–H groups in total. The van der Waals surface area contributed by atoms with Crippen LogP contribution in [0.2, 0.25) is 0 Å². The Balaban J connectivity index is 2.46. The summed E-state index contributed by atoms with van der Waals surface area (Å²) in [7, 11) is -3.76. The minimum atomic E-state index is -3.76. The summed E-state index contributed by atoms with van der Waals surface area (Å²) >= 11 is 0. The smallest absolute Gasteiger partial charge is 0.330 e. The zero-order valence-corrected chi connectivity index (χ0v) is 12.7. The van der Waals surface area contributed by atoms with Crippen molar-refractivity contribution in [1.29, 1.82) is 0 Å². The normalized spacial score (nSPS) is 11.8. The molecule has 2 amide bonds. The van der Waals surface area contributed by atoms with E-state index >= 15 is 0 Å². The molecule has 8 nitrogen and oxygen atoms in total. The van der Waals surface area contributed by atoms with Gasteiger partial charge in [0.2, 0.25) is 10.0 Å². The molecule has 1 rings (SSSR count). The van der Waals surface area contributed by atoms with E-state index in [4.69, 9.17) is 10.2 Å². The summed E-state index contributed by atoms with van der Waals surface area (Å²) in [5, 5.41) is 18.7. The van der Waals surface area contributed by atoms with Gasteiger partial charge in [0.1, 0.15) is 0 Å². The van der Waals surface area contributed by atoms with Gasteiger partial charge < -0.3 is 15.7 Å². The van der Waals surface area contributed by atoms with E-state index in [1.165, 1.54) is 37.3 Å². The quantitative estimate of drug-likeness (QED) is 0.454. The monoisotopic (exact) mass is 327 g/mol. The van der Waals surface area contributed by atoms with Crippen molar-refractivity contribution in [3.63, 3.8) is 0 Å². The number of sulfonamides is 1. The van der Waals surface area contributed by atoms with Crippen LogP contribution in [0.25, 0.3) is 0 Å². The van der Waals surface area contributed by atoms with Crippen LogP contribution in [0.1, 0.15) is 13.3 Å². The van der Waals surface area contributed by atoms with Crippen molar-refractivity contribution in [3.05, 3.63) is 35.9 Å². The van der Waals surface area contributed by atoms with Gasteiger partial charge >= 0.3 is 12.0 Å². The van der Waals surface area contributed by atoms with E-state index in [-0.39, 0.29) is 17.0 Å². The molecule has 0 aromatic heterocycles.